The highest BCUT2D eigenvalue weighted by Crippen LogP contribution is 2.17. The molecular formula is C17H29NO. The van der Waals surface area contributed by atoms with Crippen LogP contribution in [0.2, 0.25) is 0 Å². The molecule has 1 aromatic rings. The van der Waals surface area contributed by atoms with Gasteiger partial charge in [0.05, 0.1) is 12.6 Å². The van der Waals surface area contributed by atoms with Gasteiger partial charge in [-0.25, -0.2) is 0 Å². The van der Waals surface area contributed by atoms with Gasteiger partial charge in [0.2, 0.25) is 0 Å². The average molecular weight is 263 g/mol. The lowest BCUT2D eigenvalue weighted by molar-refractivity contribution is 0.117. The zero-order valence-corrected chi connectivity index (χ0v) is 12.7. The van der Waals surface area contributed by atoms with Crippen molar-refractivity contribution < 1.29 is 4.74 Å². The summed E-state index contributed by atoms with van der Waals surface area (Å²) in [4.78, 5) is 0. The molecule has 1 aromatic carbocycles. The first kappa shape index (κ1) is 16.2. The Bertz CT molecular complexity index is 332. The summed E-state index contributed by atoms with van der Waals surface area (Å²) >= 11 is 0. The predicted octanol–water partition coefficient (Wildman–Crippen LogP) is 4.41. The van der Waals surface area contributed by atoms with Crippen molar-refractivity contribution in [2.24, 2.45) is 5.73 Å². The largest absolute Gasteiger partial charge is 0.379 e. The van der Waals surface area contributed by atoms with E-state index in [9.17, 15) is 0 Å². The van der Waals surface area contributed by atoms with E-state index in [1.165, 1.54) is 24.8 Å². The SMILES string of the molecule is CCCCCCOCC(N)c1ccc(C(C)C)cc1. The molecule has 2 nitrogen and oxygen atoms in total. The molecule has 0 aliphatic rings. The highest BCUT2D eigenvalue weighted by Gasteiger charge is 2.06. The Hall–Kier alpha value is -0.860. The van der Waals surface area contributed by atoms with Gasteiger partial charge in [0, 0.05) is 6.61 Å². The molecule has 0 aromatic heterocycles. The van der Waals surface area contributed by atoms with Crippen LogP contribution >= 0.6 is 0 Å². The third kappa shape index (κ3) is 6.22. The molecule has 1 rings (SSSR count). The minimum absolute atomic E-state index is 0.00705. The lowest BCUT2D eigenvalue weighted by atomic mass is 10.00. The molecule has 0 spiro atoms. The Morgan fingerprint density at radius 1 is 1.00 bits per heavy atom. The Labute approximate surface area is 118 Å². The highest BCUT2D eigenvalue weighted by atomic mass is 16.5. The van der Waals surface area contributed by atoms with Gasteiger partial charge in [-0.05, 0) is 23.5 Å². The summed E-state index contributed by atoms with van der Waals surface area (Å²) in [5, 5.41) is 0. The van der Waals surface area contributed by atoms with E-state index in [1.807, 2.05) is 0 Å². The van der Waals surface area contributed by atoms with Crippen LogP contribution in [0.4, 0.5) is 0 Å². The summed E-state index contributed by atoms with van der Waals surface area (Å²) in [5.74, 6) is 0.570. The van der Waals surface area contributed by atoms with Crippen LogP contribution in [-0.4, -0.2) is 13.2 Å². The molecule has 0 fully saturated rings. The maximum absolute atomic E-state index is 6.14. The molecule has 108 valence electrons. The van der Waals surface area contributed by atoms with E-state index in [-0.39, 0.29) is 6.04 Å². The topological polar surface area (TPSA) is 35.2 Å². The lowest BCUT2D eigenvalue weighted by Gasteiger charge is -2.14. The number of nitrogens with two attached hydrogens (primary N) is 1. The lowest BCUT2D eigenvalue weighted by Crippen LogP contribution is -2.17. The summed E-state index contributed by atoms with van der Waals surface area (Å²) in [7, 11) is 0. The first-order valence-corrected chi connectivity index (χ1v) is 7.58. The van der Waals surface area contributed by atoms with Crippen molar-refractivity contribution in [3.8, 4) is 0 Å². The van der Waals surface area contributed by atoms with Gasteiger partial charge in [-0.3, -0.25) is 0 Å². The van der Waals surface area contributed by atoms with Crippen LogP contribution in [0.1, 0.15) is 69.5 Å². The molecule has 0 amide bonds. The van der Waals surface area contributed by atoms with Gasteiger partial charge in [0.1, 0.15) is 0 Å². The molecule has 2 N–H and O–H groups in total. The van der Waals surface area contributed by atoms with Gasteiger partial charge in [-0.15, -0.1) is 0 Å². The van der Waals surface area contributed by atoms with E-state index in [0.717, 1.165) is 18.6 Å². The molecule has 1 atom stereocenters. The molecular weight excluding hydrogens is 234 g/mol. The highest BCUT2D eigenvalue weighted by molar-refractivity contribution is 5.26. The van der Waals surface area contributed by atoms with Crippen LogP contribution < -0.4 is 5.73 Å². The van der Waals surface area contributed by atoms with Crippen molar-refractivity contribution in [2.45, 2.75) is 58.4 Å². The van der Waals surface area contributed by atoms with Crippen LogP contribution in [0.3, 0.4) is 0 Å². The molecule has 0 saturated carbocycles. The molecule has 2 heteroatoms. The van der Waals surface area contributed by atoms with Crippen LogP contribution in [0, 0.1) is 0 Å². The molecule has 0 heterocycles. The number of ether oxygens (including phenoxy) is 1. The van der Waals surface area contributed by atoms with E-state index < -0.39 is 0 Å². The first-order valence-electron chi connectivity index (χ1n) is 7.58. The minimum Gasteiger partial charge on any atom is -0.379 e. The van der Waals surface area contributed by atoms with Crippen molar-refractivity contribution >= 4 is 0 Å². The average Bonchev–Trinajstić information content (AvgIpc) is 2.42. The fourth-order valence-corrected chi connectivity index (χ4v) is 2.07. The van der Waals surface area contributed by atoms with Gasteiger partial charge in [0.15, 0.2) is 0 Å². The fourth-order valence-electron chi connectivity index (χ4n) is 2.07. The zero-order valence-electron chi connectivity index (χ0n) is 12.7. The summed E-state index contributed by atoms with van der Waals surface area (Å²) in [6.07, 6.45) is 4.97. The van der Waals surface area contributed by atoms with Crippen molar-refractivity contribution in [3.63, 3.8) is 0 Å². The second-order valence-corrected chi connectivity index (χ2v) is 5.56. The Morgan fingerprint density at radius 2 is 1.63 bits per heavy atom. The van der Waals surface area contributed by atoms with Gasteiger partial charge in [0.25, 0.3) is 0 Å². The molecule has 0 aliphatic heterocycles. The Balaban J connectivity index is 2.27. The first-order chi connectivity index (χ1) is 9.15. The molecule has 0 bridgehead atoms. The maximum atomic E-state index is 6.14. The summed E-state index contributed by atoms with van der Waals surface area (Å²) < 4.78 is 5.65. The van der Waals surface area contributed by atoms with Gasteiger partial charge >= 0.3 is 0 Å². The molecule has 1 unspecified atom stereocenters. The Kier molecular flexibility index (Phi) is 7.76. The van der Waals surface area contributed by atoms with Crippen LogP contribution in [0.15, 0.2) is 24.3 Å². The number of hydrogen-bond acceptors (Lipinski definition) is 2. The maximum Gasteiger partial charge on any atom is 0.0659 e. The number of benzene rings is 1. The number of rotatable bonds is 9. The van der Waals surface area contributed by atoms with Crippen molar-refractivity contribution in [3.05, 3.63) is 35.4 Å². The number of hydrogen-bond donors (Lipinski definition) is 1. The van der Waals surface area contributed by atoms with E-state index in [4.69, 9.17) is 10.5 Å². The van der Waals surface area contributed by atoms with E-state index >= 15 is 0 Å². The summed E-state index contributed by atoms with van der Waals surface area (Å²) in [6.45, 7) is 8.07. The van der Waals surface area contributed by atoms with Crippen molar-refractivity contribution in [1.82, 2.24) is 0 Å². The van der Waals surface area contributed by atoms with Crippen LogP contribution in [0.5, 0.6) is 0 Å². The van der Waals surface area contributed by atoms with Crippen LogP contribution in [-0.2, 0) is 4.74 Å². The van der Waals surface area contributed by atoms with E-state index in [0.29, 0.717) is 12.5 Å². The Morgan fingerprint density at radius 3 is 2.21 bits per heavy atom. The quantitative estimate of drug-likeness (QED) is 0.670. The zero-order chi connectivity index (χ0) is 14.1. The predicted molar refractivity (Wildman–Crippen MR) is 82.4 cm³/mol. The van der Waals surface area contributed by atoms with Gasteiger partial charge in [-0.1, -0.05) is 64.3 Å². The third-order valence-electron chi connectivity index (χ3n) is 3.47. The second-order valence-electron chi connectivity index (χ2n) is 5.56. The standard InChI is InChI=1S/C17H29NO/c1-4-5-6-7-12-19-13-17(18)16-10-8-15(9-11-16)14(2)3/h8-11,14,17H,4-7,12-13,18H2,1-3H3. The van der Waals surface area contributed by atoms with E-state index in [1.54, 1.807) is 0 Å². The minimum atomic E-state index is -0.00705. The molecule has 0 radical (unpaired) electrons. The fraction of sp³-hybridized carbons (Fsp3) is 0.647. The van der Waals surface area contributed by atoms with Gasteiger partial charge < -0.3 is 10.5 Å². The molecule has 19 heavy (non-hydrogen) atoms. The summed E-state index contributed by atoms with van der Waals surface area (Å²) in [6, 6.07) is 8.58. The van der Waals surface area contributed by atoms with E-state index in [2.05, 4.69) is 45.0 Å². The molecule has 0 saturated heterocycles. The monoisotopic (exact) mass is 263 g/mol. The van der Waals surface area contributed by atoms with Crippen molar-refractivity contribution in [2.75, 3.05) is 13.2 Å². The van der Waals surface area contributed by atoms with Crippen molar-refractivity contribution in [1.29, 1.82) is 0 Å². The summed E-state index contributed by atoms with van der Waals surface area (Å²) in [5.41, 5.74) is 8.66. The van der Waals surface area contributed by atoms with Gasteiger partial charge in [-0.2, -0.15) is 0 Å². The third-order valence-corrected chi connectivity index (χ3v) is 3.47. The molecule has 0 aliphatic carbocycles. The second kappa shape index (κ2) is 9.11. The smallest absolute Gasteiger partial charge is 0.0659 e. The number of unbranched alkanes of at least 4 members (excludes halogenated alkanes) is 3. The van der Waals surface area contributed by atoms with Crippen LogP contribution in [0.25, 0.3) is 0 Å². The normalized spacial score (nSPS) is 12.9.